The van der Waals surface area contributed by atoms with Crippen LogP contribution in [0.25, 0.3) is 0 Å². The van der Waals surface area contributed by atoms with Gasteiger partial charge in [-0.05, 0) is 6.07 Å². The van der Waals surface area contributed by atoms with Gasteiger partial charge in [0.2, 0.25) is 5.91 Å². The molecule has 1 unspecified atom stereocenters. The summed E-state index contributed by atoms with van der Waals surface area (Å²) < 4.78 is 26.7. The van der Waals surface area contributed by atoms with Crippen molar-refractivity contribution in [2.75, 3.05) is 11.4 Å². The van der Waals surface area contributed by atoms with Crippen molar-refractivity contribution in [1.29, 1.82) is 0 Å². The molecule has 0 aliphatic carbocycles. The van der Waals surface area contributed by atoms with Gasteiger partial charge in [0.1, 0.15) is 5.82 Å². The van der Waals surface area contributed by atoms with E-state index in [4.69, 9.17) is 10.8 Å². The van der Waals surface area contributed by atoms with E-state index in [9.17, 15) is 18.4 Å². The molecule has 3 N–H and O–H groups in total. The summed E-state index contributed by atoms with van der Waals surface area (Å²) in [6, 6.07) is 0.736. The van der Waals surface area contributed by atoms with Gasteiger partial charge in [-0.1, -0.05) is 0 Å². The van der Waals surface area contributed by atoms with Crippen molar-refractivity contribution in [2.24, 2.45) is 5.73 Å². The van der Waals surface area contributed by atoms with E-state index in [1.54, 1.807) is 0 Å². The Balaban J connectivity index is 2.56. The number of amides is 1. The number of hydrogen-bond donors (Lipinski definition) is 2. The molecule has 96 valence electrons. The Kier molecular flexibility index (Phi) is 3.00. The highest BCUT2D eigenvalue weighted by Crippen LogP contribution is 2.29. The molecule has 0 bridgehead atoms. The Hall–Kier alpha value is -2.02. The summed E-state index contributed by atoms with van der Waals surface area (Å²) in [4.78, 5) is 23.5. The van der Waals surface area contributed by atoms with Crippen molar-refractivity contribution in [1.82, 2.24) is 0 Å². The van der Waals surface area contributed by atoms with Gasteiger partial charge in [-0.3, -0.25) is 4.79 Å². The summed E-state index contributed by atoms with van der Waals surface area (Å²) in [5.41, 5.74) is 4.54. The number of hydrogen-bond acceptors (Lipinski definition) is 3. The fraction of sp³-hybridized carbons (Fsp3) is 0.273. The zero-order valence-electron chi connectivity index (χ0n) is 9.19. The van der Waals surface area contributed by atoms with Gasteiger partial charge >= 0.3 is 5.97 Å². The number of aromatic carboxylic acids is 1. The van der Waals surface area contributed by atoms with Crippen LogP contribution in [0.5, 0.6) is 0 Å². The summed E-state index contributed by atoms with van der Waals surface area (Å²) in [5, 5.41) is 8.92. The molecule has 1 aliphatic rings. The van der Waals surface area contributed by atoms with Crippen molar-refractivity contribution in [3.05, 3.63) is 29.3 Å². The number of carboxylic acid groups (broad SMARTS) is 1. The molecular formula is C11H10F2N2O3. The molecule has 0 aromatic heterocycles. The van der Waals surface area contributed by atoms with Crippen LogP contribution in [0.3, 0.4) is 0 Å². The molecule has 1 heterocycles. The van der Waals surface area contributed by atoms with Crippen LogP contribution in [-0.2, 0) is 4.79 Å². The lowest BCUT2D eigenvalue weighted by Gasteiger charge is -2.19. The Labute approximate surface area is 101 Å². The van der Waals surface area contributed by atoms with Gasteiger partial charge in [0.15, 0.2) is 5.82 Å². The Morgan fingerprint density at radius 3 is 2.61 bits per heavy atom. The molecule has 2 rings (SSSR count). The molecule has 1 aromatic rings. The van der Waals surface area contributed by atoms with Crippen LogP contribution in [0.4, 0.5) is 14.5 Å². The quantitative estimate of drug-likeness (QED) is 0.817. The zero-order valence-corrected chi connectivity index (χ0v) is 9.19. The molecule has 1 aliphatic heterocycles. The Bertz CT molecular complexity index is 533. The highest BCUT2D eigenvalue weighted by molar-refractivity contribution is 6.03. The lowest BCUT2D eigenvalue weighted by molar-refractivity contribution is -0.117. The standard InChI is InChI=1S/C11H10F2N2O3/c12-5-1-7(11(17)18)10(8(13)2-5)15-4-6(14)3-9(15)16/h1-2,6H,3-4,14H2,(H,17,18). The summed E-state index contributed by atoms with van der Waals surface area (Å²) in [5.74, 6) is -4.08. The number of nitrogens with zero attached hydrogens (tertiary/aromatic N) is 1. The molecule has 5 nitrogen and oxygen atoms in total. The van der Waals surface area contributed by atoms with Crippen molar-refractivity contribution >= 4 is 17.6 Å². The summed E-state index contributed by atoms with van der Waals surface area (Å²) in [7, 11) is 0. The normalized spacial score (nSPS) is 19.4. The third kappa shape index (κ3) is 2.04. The summed E-state index contributed by atoms with van der Waals surface area (Å²) in [6.45, 7) is 0.0155. The third-order valence-electron chi connectivity index (χ3n) is 2.68. The molecular weight excluding hydrogens is 246 g/mol. The molecule has 18 heavy (non-hydrogen) atoms. The lowest BCUT2D eigenvalue weighted by atomic mass is 10.1. The number of carboxylic acids is 1. The van der Waals surface area contributed by atoms with Gasteiger partial charge in [-0.15, -0.1) is 0 Å². The van der Waals surface area contributed by atoms with E-state index in [0.717, 1.165) is 4.90 Å². The van der Waals surface area contributed by atoms with Gasteiger partial charge in [0.25, 0.3) is 0 Å². The van der Waals surface area contributed by atoms with Gasteiger partial charge in [0.05, 0.1) is 11.3 Å². The van der Waals surface area contributed by atoms with Gasteiger partial charge < -0.3 is 15.7 Å². The molecule has 0 saturated carbocycles. The predicted octanol–water partition coefficient (Wildman–Crippen LogP) is 0.727. The Morgan fingerprint density at radius 1 is 1.44 bits per heavy atom. The average Bonchev–Trinajstić information content (AvgIpc) is 2.56. The second kappa shape index (κ2) is 4.34. The first-order valence-corrected chi connectivity index (χ1v) is 5.18. The maximum absolute atomic E-state index is 13.7. The van der Waals surface area contributed by atoms with Crippen LogP contribution in [0.15, 0.2) is 12.1 Å². The largest absolute Gasteiger partial charge is 0.478 e. The molecule has 1 saturated heterocycles. The topological polar surface area (TPSA) is 83.6 Å². The van der Waals surface area contributed by atoms with E-state index in [0.29, 0.717) is 12.1 Å². The predicted molar refractivity (Wildman–Crippen MR) is 58.3 cm³/mol. The molecule has 1 amide bonds. The minimum absolute atomic E-state index is 0.00980. The van der Waals surface area contributed by atoms with Crippen molar-refractivity contribution in [3.8, 4) is 0 Å². The van der Waals surface area contributed by atoms with Crippen molar-refractivity contribution in [2.45, 2.75) is 12.5 Å². The smallest absolute Gasteiger partial charge is 0.338 e. The van der Waals surface area contributed by atoms with Crippen LogP contribution in [0.1, 0.15) is 16.8 Å². The fourth-order valence-electron chi connectivity index (χ4n) is 1.95. The molecule has 7 heteroatoms. The van der Waals surface area contributed by atoms with Crippen molar-refractivity contribution in [3.63, 3.8) is 0 Å². The lowest BCUT2D eigenvalue weighted by Crippen LogP contribution is -2.30. The van der Waals surface area contributed by atoms with Crippen LogP contribution in [0.2, 0.25) is 0 Å². The fourth-order valence-corrected chi connectivity index (χ4v) is 1.95. The van der Waals surface area contributed by atoms with Gasteiger partial charge in [-0.25, -0.2) is 13.6 Å². The van der Waals surface area contributed by atoms with Gasteiger partial charge in [-0.2, -0.15) is 0 Å². The maximum atomic E-state index is 13.7. The average molecular weight is 256 g/mol. The number of benzene rings is 1. The van der Waals surface area contributed by atoms with E-state index in [1.165, 1.54) is 0 Å². The van der Waals surface area contributed by atoms with E-state index in [2.05, 4.69) is 0 Å². The van der Waals surface area contributed by atoms with Crippen LogP contribution in [-0.4, -0.2) is 29.6 Å². The van der Waals surface area contributed by atoms with E-state index >= 15 is 0 Å². The summed E-state index contributed by atoms with van der Waals surface area (Å²) >= 11 is 0. The molecule has 0 spiro atoms. The third-order valence-corrected chi connectivity index (χ3v) is 2.68. The highest BCUT2D eigenvalue weighted by Gasteiger charge is 2.33. The number of halogens is 2. The molecule has 1 aromatic carbocycles. The number of carbonyl (C=O) groups is 2. The van der Waals surface area contributed by atoms with Crippen molar-refractivity contribution < 1.29 is 23.5 Å². The zero-order chi connectivity index (χ0) is 13.4. The second-order valence-corrected chi connectivity index (χ2v) is 4.06. The van der Waals surface area contributed by atoms with E-state index in [1.807, 2.05) is 0 Å². The number of carbonyl (C=O) groups excluding carboxylic acids is 1. The first-order valence-electron chi connectivity index (χ1n) is 5.18. The van der Waals surface area contributed by atoms with Crippen LogP contribution < -0.4 is 10.6 Å². The minimum Gasteiger partial charge on any atom is -0.478 e. The monoisotopic (exact) mass is 256 g/mol. The number of rotatable bonds is 2. The van der Waals surface area contributed by atoms with Crippen LogP contribution in [0, 0.1) is 11.6 Å². The minimum atomic E-state index is -1.50. The van der Waals surface area contributed by atoms with E-state index in [-0.39, 0.29) is 13.0 Å². The maximum Gasteiger partial charge on any atom is 0.338 e. The molecule has 1 atom stereocenters. The van der Waals surface area contributed by atoms with Crippen LogP contribution >= 0.6 is 0 Å². The first kappa shape index (κ1) is 12.4. The molecule has 0 radical (unpaired) electrons. The number of nitrogens with two attached hydrogens (primary N) is 1. The summed E-state index contributed by atoms with van der Waals surface area (Å²) in [6.07, 6.45) is 0.00980. The highest BCUT2D eigenvalue weighted by atomic mass is 19.1. The first-order chi connectivity index (χ1) is 8.40. The Morgan fingerprint density at radius 2 is 2.11 bits per heavy atom. The van der Waals surface area contributed by atoms with E-state index < -0.39 is 40.8 Å². The second-order valence-electron chi connectivity index (χ2n) is 4.06. The number of anilines is 1. The van der Waals surface area contributed by atoms with Gasteiger partial charge in [0, 0.05) is 25.1 Å². The molecule has 1 fully saturated rings. The SMILES string of the molecule is NC1CC(=O)N(c2c(F)cc(F)cc2C(=O)O)C1.